The largest absolute Gasteiger partial charge is 0.493 e. The molecule has 17 heavy (non-hydrogen) atoms. The van der Waals surface area contributed by atoms with E-state index in [2.05, 4.69) is 0 Å². The van der Waals surface area contributed by atoms with Crippen LogP contribution in [-0.2, 0) is 11.2 Å². The highest BCUT2D eigenvalue weighted by Crippen LogP contribution is 2.26. The maximum absolute atomic E-state index is 11.5. The lowest BCUT2D eigenvalue weighted by atomic mass is 10.1. The van der Waals surface area contributed by atoms with Gasteiger partial charge in [-0.15, -0.1) is 0 Å². The van der Waals surface area contributed by atoms with Gasteiger partial charge in [-0.3, -0.25) is 4.79 Å². The molecule has 1 aromatic carbocycles. The van der Waals surface area contributed by atoms with Gasteiger partial charge in [0.25, 0.3) is 0 Å². The highest BCUT2D eigenvalue weighted by atomic mass is 16.5. The number of aryl methyl sites for hydroxylation is 1. The monoisotopic (exact) mass is 234 g/mol. The van der Waals surface area contributed by atoms with Gasteiger partial charge in [0.15, 0.2) is 5.78 Å². The van der Waals surface area contributed by atoms with Gasteiger partial charge in [0.2, 0.25) is 0 Å². The second-order valence-electron chi connectivity index (χ2n) is 4.14. The van der Waals surface area contributed by atoms with Gasteiger partial charge in [-0.25, -0.2) is 0 Å². The Kier molecular flexibility index (Phi) is 4.15. The fraction of sp³-hybridized carbons (Fsp3) is 0.500. The summed E-state index contributed by atoms with van der Waals surface area (Å²) >= 11 is 0. The number of ketones is 1. The first-order valence-corrected chi connectivity index (χ1v) is 6.18. The SMILES string of the molecule is CCOCCCOc1ccc2c(c1)CCC2=O. The van der Waals surface area contributed by atoms with Gasteiger partial charge < -0.3 is 9.47 Å². The molecule has 0 bridgehead atoms. The molecule has 0 atom stereocenters. The average molecular weight is 234 g/mol. The summed E-state index contributed by atoms with van der Waals surface area (Å²) in [5.74, 6) is 1.11. The van der Waals surface area contributed by atoms with Crippen molar-refractivity contribution >= 4 is 5.78 Å². The molecule has 0 unspecified atom stereocenters. The second kappa shape index (κ2) is 5.82. The lowest BCUT2D eigenvalue weighted by Crippen LogP contribution is -2.03. The standard InChI is InChI=1S/C14H18O3/c1-2-16-8-3-9-17-12-5-6-13-11(10-12)4-7-14(13)15/h5-6,10H,2-4,7-9H2,1H3. The molecule has 0 radical (unpaired) electrons. The van der Waals surface area contributed by atoms with Crippen LogP contribution >= 0.6 is 0 Å². The van der Waals surface area contributed by atoms with Crippen LogP contribution in [0.4, 0.5) is 0 Å². The van der Waals surface area contributed by atoms with E-state index in [1.807, 2.05) is 25.1 Å². The zero-order valence-corrected chi connectivity index (χ0v) is 10.2. The minimum absolute atomic E-state index is 0.253. The van der Waals surface area contributed by atoms with Gasteiger partial charge in [0, 0.05) is 31.6 Å². The van der Waals surface area contributed by atoms with Crippen LogP contribution in [0.3, 0.4) is 0 Å². The van der Waals surface area contributed by atoms with Crippen LogP contribution in [0.5, 0.6) is 5.75 Å². The van der Waals surface area contributed by atoms with Crippen LogP contribution in [0.25, 0.3) is 0 Å². The van der Waals surface area contributed by atoms with Crippen molar-refractivity contribution in [2.24, 2.45) is 0 Å². The summed E-state index contributed by atoms with van der Waals surface area (Å²) in [6.07, 6.45) is 2.39. The third kappa shape index (κ3) is 3.07. The Morgan fingerprint density at radius 2 is 2.12 bits per heavy atom. The van der Waals surface area contributed by atoms with E-state index >= 15 is 0 Å². The fourth-order valence-electron chi connectivity index (χ4n) is 2.02. The molecule has 1 aliphatic rings. The van der Waals surface area contributed by atoms with E-state index < -0.39 is 0 Å². The summed E-state index contributed by atoms with van der Waals surface area (Å²) in [6, 6.07) is 5.74. The number of carbonyl (C=O) groups excluding carboxylic acids is 1. The first-order chi connectivity index (χ1) is 8.31. The first kappa shape index (κ1) is 12.1. The third-order valence-corrected chi connectivity index (χ3v) is 2.90. The number of rotatable bonds is 6. The van der Waals surface area contributed by atoms with Crippen molar-refractivity contribution in [3.63, 3.8) is 0 Å². The van der Waals surface area contributed by atoms with Gasteiger partial charge in [-0.2, -0.15) is 0 Å². The highest BCUT2D eigenvalue weighted by Gasteiger charge is 2.19. The molecule has 1 aliphatic carbocycles. The van der Waals surface area contributed by atoms with Crippen LogP contribution in [0.2, 0.25) is 0 Å². The molecule has 0 aromatic heterocycles. The maximum Gasteiger partial charge on any atom is 0.163 e. The predicted octanol–water partition coefficient (Wildman–Crippen LogP) is 2.62. The number of Topliss-reactive ketones (excluding diaryl/α,β-unsaturated/α-hetero) is 1. The smallest absolute Gasteiger partial charge is 0.163 e. The summed E-state index contributed by atoms with van der Waals surface area (Å²) in [7, 11) is 0. The maximum atomic E-state index is 11.5. The molecule has 0 heterocycles. The predicted molar refractivity (Wildman–Crippen MR) is 65.7 cm³/mol. The molecular weight excluding hydrogens is 216 g/mol. The lowest BCUT2D eigenvalue weighted by Gasteiger charge is -2.07. The summed E-state index contributed by atoms with van der Waals surface area (Å²) in [5.41, 5.74) is 1.99. The van der Waals surface area contributed by atoms with Crippen LogP contribution in [-0.4, -0.2) is 25.6 Å². The van der Waals surface area contributed by atoms with Gasteiger partial charge >= 0.3 is 0 Å². The molecular formula is C14H18O3. The molecule has 0 saturated carbocycles. The van der Waals surface area contributed by atoms with Crippen molar-refractivity contribution in [2.45, 2.75) is 26.2 Å². The summed E-state index contributed by atoms with van der Waals surface area (Å²) in [4.78, 5) is 11.5. The van der Waals surface area contributed by atoms with Gasteiger partial charge in [0.1, 0.15) is 5.75 Å². The van der Waals surface area contributed by atoms with E-state index in [0.717, 1.165) is 42.9 Å². The van der Waals surface area contributed by atoms with E-state index in [0.29, 0.717) is 13.0 Å². The number of benzene rings is 1. The van der Waals surface area contributed by atoms with Crippen LogP contribution in [0.1, 0.15) is 35.7 Å². The number of hydrogen-bond donors (Lipinski definition) is 0. The first-order valence-electron chi connectivity index (χ1n) is 6.18. The van der Waals surface area contributed by atoms with E-state index in [-0.39, 0.29) is 5.78 Å². The average Bonchev–Trinajstić information content (AvgIpc) is 2.71. The Bertz CT molecular complexity index is 398. The van der Waals surface area contributed by atoms with E-state index in [1.165, 1.54) is 0 Å². The van der Waals surface area contributed by atoms with Gasteiger partial charge in [-0.1, -0.05) is 0 Å². The molecule has 0 amide bonds. The van der Waals surface area contributed by atoms with Gasteiger partial charge in [-0.05, 0) is 37.1 Å². The molecule has 0 fully saturated rings. The number of ether oxygens (including phenoxy) is 2. The Morgan fingerprint density at radius 1 is 1.24 bits per heavy atom. The van der Waals surface area contributed by atoms with Crippen LogP contribution in [0.15, 0.2) is 18.2 Å². The molecule has 2 rings (SSSR count). The Hall–Kier alpha value is -1.35. The van der Waals surface area contributed by atoms with Crippen molar-refractivity contribution in [1.29, 1.82) is 0 Å². The van der Waals surface area contributed by atoms with E-state index in [9.17, 15) is 4.79 Å². The molecule has 3 heteroatoms. The lowest BCUT2D eigenvalue weighted by molar-refractivity contribution is 0.0994. The normalized spacial score (nSPS) is 13.8. The van der Waals surface area contributed by atoms with Crippen LogP contribution in [0, 0.1) is 0 Å². The fourth-order valence-corrected chi connectivity index (χ4v) is 2.02. The van der Waals surface area contributed by atoms with Gasteiger partial charge in [0.05, 0.1) is 6.61 Å². The van der Waals surface area contributed by atoms with E-state index in [1.54, 1.807) is 0 Å². The van der Waals surface area contributed by atoms with Crippen LogP contribution < -0.4 is 4.74 Å². The second-order valence-corrected chi connectivity index (χ2v) is 4.14. The molecule has 0 saturated heterocycles. The van der Waals surface area contributed by atoms with Crippen molar-refractivity contribution in [3.05, 3.63) is 29.3 Å². The Labute approximate surface area is 102 Å². The molecule has 3 nitrogen and oxygen atoms in total. The van der Waals surface area contributed by atoms with Crippen molar-refractivity contribution in [2.75, 3.05) is 19.8 Å². The Balaban J connectivity index is 1.84. The third-order valence-electron chi connectivity index (χ3n) is 2.90. The molecule has 0 N–H and O–H groups in total. The quantitative estimate of drug-likeness (QED) is 0.710. The van der Waals surface area contributed by atoms with Crippen molar-refractivity contribution in [1.82, 2.24) is 0 Å². The number of hydrogen-bond acceptors (Lipinski definition) is 3. The molecule has 1 aromatic rings. The van der Waals surface area contributed by atoms with Crippen molar-refractivity contribution in [3.8, 4) is 5.75 Å². The van der Waals surface area contributed by atoms with Crippen molar-refractivity contribution < 1.29 is 14.3 Å². The highest BCUT2D eigenvalue weighted by molar-refractivity contribution is 6.00. The summed E-state index contributed by atoms with van der Waals surface area (Å²) in [6.45, 7) is 4.13. The topological polar surface area (TPSA) is 35.5 Å². The van der Waals surface area contributed by atoms with E-state index in [4.69, 9.17) is 9.47 Å². The molecule has 0 aliphatic heterocycles. The summed E-state index contributed by atoms with van der Waals surface area (Å²) in [5, 5.41) is 0. The Morgan fingerprint density at radius 3 is 2.94 bits per heavy atom. The molecule has 0 spiro atoms. The zero-order chi connectivity index (χ0) is 12.1. The summed E-state index contributed by atoms with van der Waals surface area (Å²) < 4.78 is 10.9. The zero-order valence-electron chi connectivity index (χ0n) is 10.2. The number of carbonyl (C=O) groups is 1. The minimum atomic E-state index is 0.253. The minimum Gasteiger partial charge on any atom is -0.493 e. The number of fused-ring (bicyclic) bond motifs is 1. The molecule has 92 valence electrons.